The summed E-state index contributed by atoms with van der Waals surface area (Å²) in [5.41, 5.74) is 0.462. The molecule has 1 aromatic rings. The SMILES string of the molecule is CN(CCCO)CC(=O)NC(=O)c1ccccc1. The van der Waals surface area contributed by atoms with Crippen molar-refractivity contribution in [2.45, 2.75) is 6.42 Å². The Labute approximate surface area is 106 Å². The van der Waals surface area contributed by atoms with Crippen molar-refractivity contribution in [2.24, 2.45) is 0 Å². The highest BCUT2D eigenvalue weighted by Crippen LogP contribution is 1.97. The molecule has 0 aliphatic carbocycles. The number of likely N-dealkylation sites (N-methyl/N-ethyl adjacent to an activating group) is 1. The molecule has 0 spiro atoms. The van der Waals surface area contributed by atoms with Gasteiger partial charge in [-0.2, -0.15) is 0 Å². The Hall–Kier alpha value is -1.72. The fourth-order valence-corrected chi connectivity index (χ4v) is 1.49. The van der Waals surface area contributed by atoms with Gasteiger partial charge >= 0.3 is 0 Å². The Morgan fingerprint density at radius 3 is 2.56 bits per heavy atom. The number of carbonyl (C=O) groups is 2. The first-order valence-electron chi connectivity index (χ1n) is 5.82. The molecule has 2 N–H and O–H groups in total. The molecule has 0 fully saturated rings. The van der Waals surface area contributed by atoms with E-state index in [0.29, 0.717) is 18.5 Å². The average molecular weight is 250 g/mol. The maximum absolute atomic E-state index is 11.7. The monoisotopic (exact) mass is 250 g/mol. The molecule has 0 aliphatic heterocycles. The number of aliphatic hydroxyl groups is 1. The third-order valence-corrected chi connectivity index (χ3v) is 2.40. The second kappa shape index (κ2) is 7.58. The highest BCUT2D eigenvalue weighted by Gasteiger charge is 2.11. The predicted octanol–water partition coefficient (Wildman–Crippen LogP) is 0.257. The van der Waals surface area contributed by atoms with Gasteiger partial charge in [0, 0.05) is 18.7 Å². The summed E-state index contributed by atoms with van der Waals surface area (Å²) < 4.78 is 0. The molecule has 5 nitrogen and oxygen atoms in total. The van der Waals surface area contributed by atoms with Gasteiger partial charge in [-0.1, -0.05) is 18.2 Å². The molecule has 0 atom stereocenters. The van der Waals surface area contributed by atoms with Crippen molar-refractivity contribution in [2.75, 3.05) is 26.7 Å². The van der Waals surface area contributed by atoms with Crippen LogP contribution in [0.3, 0.4) is 0 Å². The minimum Gasteiger partial charge on any atom is -0.396 e. The molecule has 0 unspecified atom stereocenters. The summed E-state index contributed by atoms with van der Waals surface area (Å²) in [6.45, 7) is 0.844. The number of aliphatic hydroxyl groups excluding tert-OH is 1. The number of nitrogens with one attached hydrogen (secondary N) is 1. The molecule has 5 heteroatoms. The van der Waals surface area contributed by atoms with Crippen LogP contribution in [0, 0.1) is 0 Å². The van der Waals surface area contributed by atoms with Crippen molar-refractivity contribution < 1.29 is 14.7 Å². The molecule has 1 rings (SSSR count). The van der Waals surface area contributed by atoms with Crippen LogP contribution in [0.4, 0.5) is 0 Å². The smallest absolute Gasteiger partial charge is 0.257 e. The normalized spacial score (nSPS) is 10.4. The maximum atomic E-state index is 11.7. The molecule has 0 bridgehead atoms. The van der Waals surface area contributed by atoms with Gasteiger partial charge in [-0.05, 0) is 25.6 Å². The summed E-state index contributed by atoms with van der Waals surface area (Å²) in [4.78, 5) is 25.0. The number of nitrogens with zero attached hydrogens (tertiary/aromatic N) is 1. The van der Waals surface area contributed by atoms with E-state index in [0.717, 1.165) is 0 Å². The highest BCUT2D eigenvalue weighted by atomic mass is 16.3. The molecule has 0 heterocycles. The summed E-state index contributed by atoms with van der Waals surface area (Å²) in [7, 11) is 1.77. The van der Waals surface area contributed by atoms with Gasteiger partial charge in [0.05, 0.1) is 6.54 Å². The fourth-order valence-electron chi connectivity index (χ4n) is 1.49. The van der Waals surface area contributed by atoms with Crippen LogP contribution >= 0.6 is 0 Å². The third-order valence-electron chi connectivity index (χ3n) is 2.40. The van der Waals surface area contributed by atoms with Gasteiger partial charge in [0.1, 0.15) is 0 Å². The van der Waals surface area contributed by atoms with E-state index in [-0.39, 0.29) is 19.1 Å². The van der Waals surface area contributed by atoms with Crippen LogP contribution in [0.25, 0.3) is 0 Å². The Balaban J connectivity index is 2.38. The molecule has 18 heavy (non-hydrogen) atoms. The zero-order chi connectivity index (χ0) is 13.4. The molecular formula is C13H18N2O3. The van der Waals surface area contributed by atoms with Crippen LogP contribution in [0.15, 0.2) is 30.3 Å². The summed E-state index contributed by atoms with van der Waals surface area (Å²) in [5.74, 6) is -0.736. The topological polar surface area (TPSA) is 69.6 Å². The van der Waals surface area contributed by atoms with E-state index < -0.39 is 5.91 Å². The van der Waals surface area contributed by atoms with Crippen molar-refractivity contribution in [3.05, 3.63) is 35.9 Å². The van der Waals surface area contributed by atoms with Crippen LogP contribution in [0.1, 0.15) is 16.8 Å². The predicted molar refractivity (Wildman–Crippen MR) is 68.1 cm³/mol. The van der Waals surface area contributed by atoms with E-state index in [4.69, 9.17) is 5.11 Å². The first-order valence-corrected chi connectivity index (χ1v) is 5.82. The summed E-state index contributed by atoms with van der Waals surface area (Å²) in [6.07, 6.45) is 0.608. The van der Waals surface area contributed by atoms with Crippen molar-refractivity contribution in [1.29, 1.82) is 0 Å². The quantitative estimate of drug-likeness (QED) is 0.759. The summed E-state index contributed by atoms with van der Waals surface area (Å²) >= 11 is 0. The zero-order valence-corrected chi connectivity index (χ0v) is 10.4. The van der Waals surface area contributed by atoms with Gasteiger partial charge in [0.25, 0.3) is 5.91 Å². The summed E-state index contributed by atoms with van der Waals surface area (Å²) in [6, 6.07) is 8.59. The lowest BCUT2D eigenvalue weighted by molar-refractivity contribution is -0.121. The van der Waals surface area contributed by atoms with Gasteiger partial charge in [0.15, 0.2) is 0 Å². The van der Waals surface area contributed by atoms with Gasteiger partial charge in [-0.3, -0.25) is 19.8 Å². The number of hydrogen-bond acceptors (Lipinski definition) is 4. The Bertz CT molecular complexity index is 392. The maximum Gasteiger partial charge on any atom is 0.257 e. The number of imide groups is 1. The largest absolute Gasteiger partial charge is 0.396 e. The lowest BCUT2D eigenvalue weighted by Crippen LogP contribution is -2.39. The van der Waals surface area contributed by atoms with E-state index in [1.54, 1.807) is 42.3 Å². The lowest BCUT2D eigenvalue weighted by Gasteiger charge is -2.14. The van der Waals surface area contributed by atoms with Crippen LogP contribution in [0.2, 0.25) is 0 Å². The number of benzene rings is 1. The lowest BCUT2D eigenvalue weighted by atomic mass is 10.2. The molecule has 0 aromatic heterocycles. The van der Waals surface area contributed by atoms with E-state index in [2.05, 4.69) is 5.32 Å². The number of hydrogen-bond donors (Lipinski definition) is 2. The van der Waals surface area contributed by atoms with Crippen molar-refractivity contribution in [1.82, 2.24) is 10.2 Å². The third kappa shape index (κ3) is 5.07. The molecule has 0 radical (unpaired) electrons. The Morgan fingerprint density at radius 1 is 1.28 bits per heavy atom. The van der Waals surface area contributed by atoms with Crippen LogP contribution < -0.4 is 5.32 Å². The first kappa shape index (κ1) is 14.3. The van der Waals surface area contributed by atoms with Crippen molar-refractivity contribution in [3.63, 3.8) is 0 Å². The first-order chi connectivity index (χ1) is 8.63. The fraction of sp³-hybridized carbons (Fsp3) is 0.385. The van der Waals surface area contributed by atoms with E-state index >= 15 is 0 Å². The van der Waals surface area contributed by atoms with Crippen molar-refractivity contribution in [3.8, 4) is 0 Å². The number of carbonyl (C=O) groups excluding carboxylic acids is 2. The molecule has 0 saturated heterocycles. The second-order valence-electron chi connectivity index (χ2n) is 4.06. The molecule has 0 aliphatic rings. The van der Waals surface area contributed by atoms with Crippen LogP contribution in [-0.2, 0) is 4.79 Å². The minimum atomic E-state index is -0.392. The van der Waals surface area contributed by atoms with Gasteiger partial charge in [-0.25, -0.2) is 0 Å². The van der Waals surface area contributed by atoms with Gasteiger partial charge in [0.2, 0.25) is 5.91 Å². The highest BCUT2D eigenvalue weighted by molar-refractivity contribution is 6.05. The van der Waals surface area contributed by atoms with Crippen molar-refractivity contribution >= 4 is 11.8 Å². The molecule has 0 saturated carbocycles. The van der Waals surface area contributed by atoms with Crippen LogP contribution in [0.5, 0.6) is 0 Å². The average Bonchev–Trinajstić information content (AvgIpc) is 2.37. The molecule has 1 aromatic carbocycles. The van der Waals surface area contributed by atoms with E-state index in [1.165, 1.54) is 0 Å². The minimum absolute atomic E-state index is 0.0922. The van der Waals surface area contributed by atoms with Crippen LogP contribution in [-0.4, -0.2) is 48.6 Å². The number of amides is 2. The zero-order valence-electron chi connectivity index (χ0n) is 10.4. The number of rotatable bonds is 6. The Morgan fingerprint density at radius 2 is 1.94 bits per heavy atom. The van der Waals surface area contributed by atoms with Gasteiger partial charge < -0.3 is 5.11 Å². The molecule has 98 valence electrons. The standard InChI is InChI=1S/C13H18N2O3/c1-15(8-5-9-16)10-12(17)14-13(18)11-6-3-2-4-7-11/h2-4,6-7,16H,5,8-10H2,1H3,(H,14,17,18). The van der Waals surface area contributed by atoms with Gasteiger partial charge in [-0.15, -0.1) is 0 Å². The Kier molecular flexibility index (Phi) is 6.04. The van der Waals surface area contributed by atoms with E-state index in [9.17, 15) is 9.59 Å². The summed E-state index contributed by atoms with van der Waals surface area (Å²) in [5, 5.41) is 11.0. The second-order valence-corrected chi connectivity index (χ2v) is 4.06. The molecule has 2 amide bonds. The molecular weight excluding hydrogens is 232 g/mol. The van der Waals surface area contributed by atoms with E-state index in [1.807, 2.05) is 0 Å².